The van der Waals surface area contributed by atoms with E-state index in [-0.39, 0.29) is 0 Å². The summed E-state index contributed by atoms with van der Waals surface area (Å²) in [4.78, 5) is 4.64. The van der Waals surface area contributed by atoms with Gasteiger partial charge in [0, 0.05) is 18.9 Å². The fourth-order valence-electron chi connectivity index (χ4n) is 4.76. The molecule has 0 saturated carbocycles. The minimum absolute atomic E-state index is 0.519. The van der Waals surface area contributed by atoms with E-state index in [1.807, 2.05) is 18.3 Å². The van der Waals surface area contributed by atoms with Crippen molar-refractivity contribution in [3.63, 3.8) is 0 Å². The average Bonchev–Trinajstić information content (AvgIpc) is 3.36. The Bertz CT molecular complexity index is 826. The number of rotatable bonds is 19. The van der Waals surface area contributed by atoms with E-state index in [0.717, 1.165) is 25.8 Å². The highest BCUT2D eigenvalue weighted by molar-refractivity contribution is 5.55. The average molecular weight is 489 g/mol. The van der Waals surface area contributed by atoms with Gasteiger partial charge in [0.15, 0.2) is 11.5 Å². The van der Waals surface area contributed by atoms with Crippen LogP contribution in [0, 0.1) is 0 Å². The van der Waals surface area contributed by atoms with Gasteiger partial charge in [-0.05, 0) is 30.5 Å². The highest BCUT2D eigenvalue weighted by Gasteiger charge is 2.37. The van der Waals surface area contributed by atoms with Crippen molar-refractivity contribution < 1.29 is 19.3 Å². The van der Waals surface area contributed by atoms with Crippen LogP contribution in [0.25, 0.3) is 0 Å². The lowest BCUT2D eigenvalue weighted by Crippen LogP contribution is -2.31. The molecule has 1 atom stereocenters. The summed E-state index contributed by atoms with van der Waals surface area (Å²) in [5, 5.41) is 12.1. The number of hydrogen-bond donors (Lipinski definition) is 1. The molecule has 0 spiro atoms. The molecule has 198 valence electrons. The molecule has 0 bridgehead atoms. The van der Waals surface area contributed by atoms with Gasteiger partial charge in [0.25, 0.3) is 0 Å². The van der Waals surface area contributed by atoms with E-state index in [1.54, 1.807) is 27.5 Å². The van der Waals surface area contributed by atoms with E-state index in [0.29, 0.717) is 35.1 Å². The first-order valence-corrected chi connectivity index (χ1v) is 13.6. The highest BCUT2D eigenvalue weighted by atomic mass is 16.5. The summed E-state index contributed by atoms with van der Waals surface area (Å²) in [6.07, 6.45) is 19.2. The quantitative estimate of drug-likeness (QED) is 0.211. The van der Waals surface area contributed by atoms with Crippen LogP contribution in [-0.4, -0.2) is 36.0 Å². The molecule has 1 aromatic heterocycles. The Morgan fingerprint density at radius 1 is 0.771 bits per heavy atom. The van der Waals surface area contributed by atoms with Gasteiger partial charge in [-0.25, -0.2) is 4.98 Å². The Hall–Kier alpha value is -2.21. The van der Waals surface area contributed by atoms with Crippen LogP contribution in [0.2, 0.25) is 0 Å². The molecule has 2 rings (SSSR count). The molecule has 1 aromatic carbocycles. The van der Waals surface area contributed by atoms with Crippen LogP contribution >= 0.6 is 0 Å². The molecule has 0 fully saturated rings. The number of methoxy groups -OCH3 is 3. The van der Waals surface area contributed by atoms with Crippen molar-refractivity contribution in [2.45, 2.75) is 109 Å². The van der Waals surface area contributed by atoms with E-state index in [9.17, 15) is 5.11 Å². The topological polar surface area (TPSA) is 65.7 Å². The predicted octanol–water partition coefficient (Wildman–Crippen LogP) is 7.26. The highest BCUT2D eigenvalue weighted by Crippen LogP contribution is 2.44. The summed E-state index contributed by atoms with van der Waals surface area (Å²) in [6.45, 7) is 5.25. The third-order valence-corrected chi connectivity index (χ3v) is 6.87. The maximum absolute atomic E-state index is 12.1. The molecule has 1 unspecified atom stereocenters. The van der Waals surface area contributed by atoms with Gasteiger partial charge in [0.2, 0.25) is 5.75 Å². The normalized spacial score (nSPS) is 13.0. The Kier molecular flexibility index (Phi) is 13.0. The van der Waals surface area contributed by atoms with Crippen LogP contribution in [0.3, 0.4) is 0 Å². The molecule has 1 N–H and O–H groups in total. The minimum Gasteiger partial charge on any atom is -0.493 e. The second kappa shape index (κ2) is 15.7. The van der Waals surface area contributed by atoms with Crippen LogP contribution in [0.15, 0.2) is 24.5 Å². The van der Waals surface area contributed by atoms with E-state index >= 15 is 0 Å². The fourth-order valence-corrected chi connectivity index (χ4v) is 4.76. The van der Waals surface area contributed by atoms with Gasteiger partial charge in [-0.3, -0.25) is 0 Å². The Labute approximate surface area is 213 Å². The van der Waals surface area contributed by atoms with E-state index in [1.165, 1.54) is 57.8 Å². The summed E-state index contributed by atoms with van der Waals surface area (Å²) in [6, 6.07) is 3.69. The smallest absolute Gasteiger partial charge is 0.203 e. The molecule has 0 aliphatic heterocycles. The van der Waals surface area contributed by atoms with Crippen LogP contribution in [0.4, 0.5) is 0 Å². The summed E-state index contributed by atoms with van der Waals surface area (Å²) in [5.74, 6) is 2.26. The number of aromatic nitrogens is 2. The van der Waals surface area contributed by atoms with Crippen molar-refractivity contribution in [3.05, 3.63) is 35.9 Å². The molecule has 2 aromatic rings. The van der Waals surface area contributed by atoms with Gasteiger partial charge < -0.3 is 23.9 Å². The number of aliphatic hydroxyl groups is 1. The van der Waals surface area contributed by atoms with Crippen LogP contribution < -0.4 is 14.2 Å². The largest absolute Gasteiger partial charge is 0.493 e. The third-order valence-electron chi connectivity index (χ3n) is 6.87. The van der Waals surface area contributed by atoms with Gasteiger partial charge in [0.05, 0.1) is 21.3 Å². The monoisotopic (exact) mass is 488 g/mol. The lowest BCUT2D eigenvalue weighted by atomic mass is 9.87. The van der Waals surface area contributed by atoms with E-state index in [4.69, 9.17) is 14.2 Å². The lowest BCUT2D eigenvalue weighted by molar-refractivity contribution is 0.0546. The van der Waals surface area contributed by atoms with Gasteiger partial charge in [-0.2, -0.15) is 0 Å². The van der Waals surface area contributed by atoms with Crippen molar-refractivity contribution in [2.75, 3.05) is 21.3 Å². The maximum Gasteiger partial charge on any atom is 0.203 e. The number of ether oxygens (including phenoxy) is 3. The molecule has 0 amide bonds. The standard InChI is InChI=1S/C29H48N2O4/c1-6-8-10-11-12-13-14-15-16-17-20-31-21-19-30-28(31)29(32,18-9-7-2)24-22-25(33-3)27(35-5)26(23-24)34-4/h19,21-23,32H,6-18,20H2,1-5H3. The van der Waals surface area contributed by atoms with Gasteiger partial charge in [-0.15, -0.1) is 0 Å². The van der Waals surface area contributed by atoms with Crippen molar-refractivity contribution in [2.24, 2.45) is 0 Å². The predicted molar refractivity (Wildman–Crippen MR) is 143 cm³/mol. The first kappa shape index (κ1) is 29.0. The number of imidazole rings is 1. The van der Waals surface area contributed by atoms with Gasteiger partial charge >= 0.3 is 0 Å². The number of unbranched alkanes of at least 4 members (excludes halogenated alkanes) is 10. The molecular formula is C29H48N2O4. The molecule has 0 aliphatic carbocycles. The first-order chi connectivity index (χ1) is 17.0. The van der Waals surface area contributed by atoms with Gasteiger partial charge in [0.1, 0.15) is 11.4 Å². The molecule has 35 heavy (non-hydrogen) atoms. The molecule has 0 saturated heterocycles. The third kappa shape index (κ3) is 8.16. The van der Waals surface area contributed by atoms with Crippen molar-refractivity contribution in [3.8, 4) is 17.2 Å². The SMILES string of the molecule is CCCCCCCCCCCCn1ccnc1C(O)(CCCC)c1cc(OC)c(OC)c(OC)c1. The zero-order valence-corrected chi connectivity index (χ0v) is 22.8. The second-order valence-electron chi connectivity index (χ2n) is 9.50. The van der Waals surface area contributed by atoms with Crippen LogP contribution in [0.5, 0.6) is 17.2 Å². The molecule has 0 aliphatic rings. The maximum atomic E-state index is 12.1. The van der Waals surface area contributed by atoms with Crippen LogP contribution in [0.1, 0.15) is 109 Å². The summed E-state index contributed by atoms with van der Waals surface area (Å²) in [5.41, 5.74) is -0.541. The fraction of sp³-hybridized carbons (Fsp3) is 0.690. The molecule has 6 heteroatoms. The van der Waals surface area contributed by atoms with Crippen molar-refractivity contribution >= 4 is 0 Å². The first-order valence-electron chi connectivity index (χ1n) is 13.6. The number of aryl methyl sites for hydroxylation is 1. The Morgan fingerprint density at radius 3 is 1.83 bits per heavy atom. The number of nitrogens with zero attached hydrogens (tertiary/aromatic N) is 2. The van der Waals surface area contributed by atoms with E-state index in [2.05, 4.69) is 23.4 Å². The minimum atomic E-state index is -1.25. The Balaban J connectivity index is 2.10. The van der Waals surface area contributed by atoms with Crippen LogP contribution in [-0.2, 0) is 12.1 Å². The van der Waals surface area contributed by atoms with Crippen molar-refractivity contribution in [1.82, 2.24) is 9.55 Å². The summed E-state index contributed by atoms with van der Waals surface area (Å²) >= 11 is 0. The molecule has 1 heterocycles. The number of hydrogen-bond acceptors (Lipinski definition) is 5. The lowest BCUT2D eigenvalue weighted by Gasteiger charge is -2.30. The summed E-state index contributed by atoms with van der Waals surface area (Å²) < 4.78 is 18.7. The number of benzene rings is 1. The molecule has 6 nitrogen and oxygen atoms in total. The second-order valence-corrected chi connectivity index (χ2v) is 9.50. The van der Waals surface area contributed by atoms with Crippen molar-refractivity contribution in [1.29, 1.82) is 0 Å². The Morgan fingerprint density at radius 2 is 1.31 bits per heavy atom. The molecular weight excluding hydrogens is 440 g/mol. The zero-order chi connectivity index (χ0) is 25.5. The summed E-state index contributed by atoms with van der Waals surface area (Å²) in [7, 11) is 4.78. The molecule has 0 radical (unpaired) electrons. The zero-order valence-electron chi connectivity index (χ0n) is 22.8. The van der Waals surface area contributed by atoms with Gasteiger partial charge in [-0.1, -0.05) is 84.5 Å². The van der Waals surface area contributed by atoms with E-state index < -0.39 is 5.60 Å².